The number of rotatable bonds is 5. The van der Waals surface area contributed by atoms with Gasteiger partial charge >= 0.3 is 0 Å². The number of hydrogen-bond acceptors (Lipinski definition) is 3. The Balaban J connectivity index is 2.15. The van der Waals surface area contributed by atoms with Gasteiger partial charge in [0.15, 0.2) is 0 Å². The lowest BCUT2D eigenvalue weighted by molar-refractivity contribution is 0.0923. The van der Waals surface area contributed by atoms with E-state index in [1.165, 1.54) is 0 Å². The maximum absolute atomic E-state index is 5.67. The lowest BCUT2D eigenvalue weighted by Gasteiger charge is -2.25. The van der Waals surface area contributed by atoms with E-state index in [-0.39, 0.29) is 6.04 Å². The minimum absolute atomic E-state index is 0.247. The highest BCUT2D eigenvalue weighted by molar-refractivity contribution is 9.10. The topological polar surface area (TPSA) is 34.4 Å². The Morgan fingerprint density at radius 3 is 2.94 bits per heavy atom. The molecule has 0 aromatic carbocycles. The van der Waals surface area contributed by atoms with E-state index in [1.54, 1.807) is 6.26 Å². The van der Waals surface area contributed by atoms with Crippen molar-refractivity contribution in [2.45, 2.75) is 38.8 Å². The molecule has 1 aromatic rings. The van der Waals surface area contributed by atoms with Crippen molar-refractivity contribution in [2.75, 3.05) is 13.2 Å². The smallest absolute Gasteiger partial charge is 0.135 e. The average molecular weight is 302 g/mol. The lowest BCUT2D eigenvalue weighted by Crippen LogP contribution is -2.32. The molecule has 3 atom stereocenters. The first-order valence-electron chi connectivity index (χ1n) is 6.32. The summed E-state index contributed by atoms with van der Waals surface area (Å²) in [6, 6.07) is 2.20. The van der Waals surface area contributed by atoms with Gasteiger partial charge in [0.1, 0.15) is 5.76 Å². The molecule has 96 valence electrons. The summed E-state index contributed by atoms with van der Waals surface area (Å²) in [5, 5.41) is 3.58. The van der Waals surface area contributed by atoms with Crippen molar-refractivity contribution in [3.63, 3.8) is 0 Å². The number of halogens is 1. The summed E-state index contributed by atoms with van der Waals surface area (Å²) in [5.74, 6) is 1.49. The van der Waals surface area contributed by atoms with Crippen LogP contribution in [0, 0.1) is 5.92 Å². The summed E-state index contributed by atoms with van der Waals surface area (Å²) in [6.45, 7) is 6.18. The molecular formula is C13H20BrNO2. The van der Waals surface area contributed by atoms with Crippen LogP contribution >= 0.6 is 15.9 Å². The van der Waals surface area contributed by atoms with E-state index in [1.807, 2.05) is 6.07 Å². The molecule has 1 aliphatic rings. The molecule has 0 radical (unpaired) electrons. The minimum Gasteiger partial charge on any atom is -0.466 e. The number of ether oxygens (including phenoxy) is 1. The zero-order valence-corrected chi connectivity index (χ0v) is 12.0. The number of nitrogens with one attached hydrogen (secondary N) is 1. The van der Waals surface area contributed by atoms with E-state index in [4.69, 9.17) is 9.15 Å². The SMILES string of the molecule is CCCNC(c1occc1Br)C1CCOC1C. The molecular weight excluding hydrogens is 282 g/mol. The fourth-order valence-corrected chi connectivity index (χ4v) is 2.90. The van der Waals surface area contributed by atoms with Crippen molar-refractivity contribution >= 4 is 15.9 Å². The second kappa shape index (κ2) is 6.03. The number of hydrogen-bond donors (Lipinski definition) is 1. The lowest BCUT2D eigenvalue weighted by atomic mass is 9.91. The Bertz CT molecular complexity index is 353. The average Bonchev–Trinajstić information content (AvgIpc) is 2.90. The monoisotopic (exact) mass is 301 g/mol. The van der Waals surface area contributed by atoms with Crippen molar-refractivity contribution in [1.82, 2.24) is 5.32 Å². The molecule has 0 spiro atoms. The predicted molar refractivity (Wildman–Crippen MR) is 71.0 cm³/mol. The molecule has 3 unspecified atom stereocenters. The van der Waals surface area contributed by atoms with Crippen molar-refractivity contribution in [3.8, 4) is 0 Å². The predicted octanol–water partition coefficient (Wildman–Crippen LogP) is 3.51. The zero-order chi connectivity index (χ0) is 12.3. The maximum Gasteiger partial charge on any atom is 0.135 e. The van der Waals surface area contributed by atoms with Crippen LogP contribution < -0.4 is 5.32 Å². The fraction of sp³-hybridized carbons (Fsp3) is 0.692. The summed E-state index contributed by atoms with van der Waals surface area (Å²) in [5.41, 5.74) is 0. The van der Waals surface area contributed by atoms with Gasteiger partial charge in [-0.3, -0.25) is 0 Å². The Labute approximate surface area is 111 Å². The van der Waals surface area contributed by atoms with Gasteiger partial charge in [-0.2, -0.15) is 0 Å². The summed E-state index contributed by atoms with van der Waals surface area (Å²) in [7, 11) is 0. The van der Waals surface area contributed by atoms with Gasteiger partial charge in [-0.05, 0) is 48.3 Å². The Morgan fingerprint density at radius 2 is 2.41 bits per heavy atom. The van der Waals surface area contributed by atoms with E-state index >= 15 is 0 Å². The molecule has 1 aliphatic heterocycles. The quantitative estimate of drug-likeness (QED) is 0.904. The third kappa shape index (κ3) is 2.92. The van der Waals surface area contributed by atoms with Crippen LogP contribution in [0.3, 0.4) is 0 Å². The molecule has 17 heavy (non-hydrogen) atoms. The Hall–Kier alpha value is -0.320. The molecule has 1 fully saturated rings. The van der Waals surface area contributed by atoms with E-state index in [2.05, 4.69) is 35.1 Å². The third-order valence-corrected chi connectivity index (χ3v) is 4.06. The molecule has 0 bridgehead atoms. The van der Waals surface area contributed by atoms with E-state index < -0.39 is 0 Å². The highest BCUT2D eigenvalue weighted by Crippen LogP contribution is 2.36. The van der Waals surface area contributed by atoms with Crippen molar-refractivity contribution in [2.24, 2.45) is 5.92 Å². The Morgan fingerprint density at radius 1 is 1.59 bits per heavy atom. The van der Waals surface area contributed by atoms with Crippen molar-refractivity contribution in [1.29, 1.82) is 0 Å². The first-order valence-corrected chi connectivity index (χ1v) is 7.11. The fourth-order valence-electron chi connectivity index (χ4n) is 2.45. The first kappa shape index (κ1) is 13.1. The normalized spacial score (nSPS) is 26.3. The van der Waals surface area contributed by atoms with Crippen LogP contribution in [-0.4, -0.2) is 19.3 Å². The van der Waals surface area contributed by atoms with E-state index in [0.29, 0.717) is 12.0 Å². The van der Waals surface area contributed by atoms with Crippen LogP contribution in [0.25, 0.3) is 0 Å². The molecule has 4 heteroatoms. The highest BCUT2D eigenvalue weighted by Gasteiger charge is 2.35. The van der Waals surface area contributed by atoms with Crippen LogP contribution in [0.5, 0.6) is 0 Å². The maximum atomic E-state index is 5.67. The van der Waals surface area contributed by atoms with Gasteiger partial charge in [-0.1, -0.05) is 6.92 Å². The van der Waals surface area contributed by atoms with Gasteiger partial charge in [-0.25, -0.2) is 0 Å². The van der Waals surface area contributed by atoms with E-state index in [0.717, 1.165) is 36.2 Å². The molecule has 0 saturated carbocycles. The van der Waals surface area contributed by atoms with E-state index in [9.17, 15) is 0 Å². The van der Waals surface area contributed by atoms with Gasteiger partial charge in [0.05, 0.1) is 22.9 Å². The van der Waals surface area contributed by atoms with Crippen LogP contribution in [-0.2, 0) is 4.74 Å². The third-order valence-electron chi connectivity index (χ3n) is 3.40. The van der Waals surface area contributed by atoms with Gasteiger partial charge in [0, 0.05) is 12.5 Å². The molecule has 0 aliphatic carbocycles. The van der Waals surface area contributed by atoms with Gasteiger partial charge in [0.25, 0.3) is 0 Å². The van der Waals surface area contributed by atoms with Crippen molar-refractivity contribution < 1.29 is 9.15 Å². The van der Waals surface area contributed by atoms with Crippen LogP contribution in [0.15, 0.2) is 21.2 Å². The minimum atomic E-state index is 0.247. The van der Waals surface area contributed by atoms with Crippen LogP contribution in [0.1, 0.15) is 38.5 Å². The Kier molecular flexibility index (Phi) is 4.65. The van der Waals surface area contributed by atoms with Gasteiger partial charge in [-0.15, -0.1) is 0 Å². The second-order valence-corrected chi connectivity index (χ2v) is 5.45. The number of furan rings is 1. The molecule has 3 nitrogen and oxygen atoms in total. The highest BCUT2D eigenvalue weighted by atomic mass is 79.9. The van der Waals surface area contributed by atoms with Crippen LogP contribution in [0.2, 0.25) is 0 Å². The molecule has 2 rings (SSSR count). The standard InChI is InChI=1S/C13H20BrNO2/c1-3-6-15-12(10-4-7-16-9(10)2)13-11(14)5-8-17-13/h5,8-10,12,15H,3-4,6-7H2,1-2H3. The zero-order valence-electron chi connectivity index (χ0n) is 10.4. The summed E-state index contributed by atoms with van der Waals surface area (Å²) >= 11 is 3.55. The molecule has 1 saturated heterocycles. The van der Waals surface area contributed by atoms with Gasteiger partial charge in [0.2, 0.25) is 0 Å². The molecule has 2 heterocycles. The summed E-state index contributed by atoms with van der Waals surface area (Å²) in [4.78, 5) is 0. The molecule has 0 amide bonds. The first-order chi connectivity index (χ1) is 8.24. The van der Waals surface area contributed by atoms with Crippen molar-refractivity contribution in [3.05, 3.63) is 22.6 Å². The summed E-state index contributed by atoms with van der Waals surface area (Å²) in [6.07, 6.45) is 4.24. The van der Waals surface area contributed by atoms with Crippen LogP contribution in [0.4, 0.5) is 0 Å². The largest absolute Gasteiger partial charge is 0.466 e. The molecule has 1 aromatic heterocycles. The van der Waals surface area contributed by atoms with Gasteiger partial charge < -0.3 is 14.5 Å². The molecule has 1 N–H and O–H groups in total. The summed E-state index contributed by atoms with van der Waals surface area (Å²) < 4.78 is 12.3. The second-order valence-electron chi connectivity index (χ2n) is 4.59.